The molecule has 2 rings (SSSR count). The number of hydrogen-bond donors (Lipinski definition) is 1. The Morgan fingerprint density at radius 2 is 2.37 bits per heavy atom. The van der Waals surface area contributed by atoms with Gasteiger partial charge in [-0.2, -0.15) is 0 Å². The van der Waals surface area contributed by atoms with E-state index in [1.807, 2.05) is 20.8 Å². The van der Waals surface area contributed by atoms with Gasteiger partial charge in [-0.25, -0.2) is 4.79 Å². The number of aliphatic hydroxyl groups excluding tert-OH is 1. The fraction of sp³-hybridized carbons (Fsp3) is 0.692. The van der Waals surface area contributed by atoms with Crippen molar-refractivity contribution in [3.05, 3.63) is 17.5 Å². The first-order valence-corrected chi connectivity index (χ1v) is 6.46. The summed E-state index contributed by atoms with van der Waals surface area (Å²) in [7, 11) is 0. The van der Waals surface area contributed by atoms with Gasteiger partial charge in [0.1, 0.15) is 17.9 Å². The molecule has 1 saturated heterocycles. The summed E-state index contributed by atoms with van der Waals surface area (Å²) in [6.07, 6.45) is 1.41. The van der Waals surface area contributed by atoms with Crippen LogP contribution in [0.1, 0.15) is 51.1 Å². The predicted molar refractivity (Wildman–Crippen MR) is 67.3 cm³/mol. The number of carbonyl (C=O) groups is 1. The van der Waals surface area contributed by atoms with Gasteiger partial charge < -0.3 is 14.4 Å². The molecular weight excluding hydrogens is 248 g/mol. The molecule has 1 N–H and O–H groups in total. The summed E-state index contributed by atoms with van der Waals surface area (Å²) in [4.78, 5) is 13.8. The maximum atomic E-state index is 12.1. The summed E-state index contributed by atoms with van der Waals surface area (Å²) in [5.41, 5.74) is 0.164. The van der Waals surface area contributed by atoms with E-state index >= 15 is 0 Å². The van der Waals surface area contributed by atoms with Crippen molar-refractivity contribution >= 4 is 6.09 Å². The van der Waals surface area contributed by atoms with Gasteiger partial charge in [-0.15, -0.1) is 0 Å². The standard InChI is InChI=1S/C13H20N2O4/c1-13(2,3)18-12(17)15-6-4-5-11(15)10-7-9(8-16)19-14-10/h7,11,16H,4-6,8H2,1-3H3/t11-/m0/s1. The van der Waals surface area contributed by atoms with Crippen molar-refractivity contribution in [2.45, 2.75) is 51.9 Å². The van der Waals surface area contributed by atoms with E-state index in [1.165, 1.54) is 0 Å². The van der Waals surface area contributed by atoms with Crippen molar-refractivity contribution in [3.63, 3.8) is 0 Å². The number of hydrogen-bond acceptors (Lipinski definition) is 5. The quantitative estimate of drug-likeness (QED) is 0.890. The Kier molecular flexibility index (Phi) is 3.80. The highest BCUT2D eigenvalue weighted by Crippen LogP contribution is 2.32. The van der Waals surface area contributed by atoms with Gasteiger partial charge in [-0.3, -0.25) is 4.90 Å². The maximum Gasteiger partial charge on any atom is 0.410 e. The number of aliphatic hydroxyl groups is 1. The van der Waals surface area contributed by atoms with Crippen molar-refractivity contribution in [2.24, 2.45) is 0 Å². The molecule has 0 spiro atoms. The molecule has 1 aliphatic rings. The second-order valence-corrected chi connectivity index (χ2v) is 5.71. The Bertz CT molecular complexity index is 450. The molecule has 1 amide bonds. The van der Waals surface area contributed by atoms with Crippen LogP contribution in [-0.2, 0) is 11.3 Å². The fourth-order valence-corrected chi connectivity index (χ4v) is 2.17. The van der Waals surface area contributed by atoms with Gasteiger partial charge in [-0.05, 0) is 33.6 Å². The third-order valence-corrected chi connectivity index (χ3v) is 2.96. The minimum Gasteiger partial charge on any atom is -0.444 e. The van der Waals surface area contributed by atoms with Gasteiger partial charge in [0.25, 0.3) is 0 Å². The number of likely N-dealkylation sites (tertiary alicyclic amines) is 1. The molecule has 2 heterocycles. The third-order valence-electron chi connectivity index (χ3n) is 2.96. The summed E-state index contributed by atoms with van der Waals surface area (Å²) in [6.45, 7) is 5.99. The van der Waals surface area contributed by atoms with Crippen molar-refractivity contribution in [3.8, 4) is 0 Å². The lowest BCUT2D eigenvalue weighted by atomic mass is 10.1. The Hall–Kier alpha value is -1.56. The van der Waals surface area contributed by atoms with Crippen LogP contribution in [0.3, 0.4) is 0 Å². The van der Waals surface area contributed by atoms with E-state index in [1.54, 1.807) is 11.0 Å². The van der Waals surface area contributed by atoms with Crippen LogP contribution in [0.4, 0.5) is 4.79 Å². The van der Waals surface area contributed by atoms with E-state index < -0.39 is 5.60 Å². The summed E-state index contributed by atoms with van der Waals surface area (Å²) < 4.78 is 10.4. The second kappa shape index (κ2) is 5.21. The molecule has 19 heavy (non-hydrogen) atoms. The average Bonchev–Trinajstić information content (AvgIpc) is 2.95. The molecule has 6 nitrogen and oxygen atoms in total. The molecule has 0 radical (unpaired) electrons. The van der Waals surface area contributed by atoms with Gasteiger partial charge in [0.2, 0.25) is 0 Å². The summed E-state index contributed by atoms with van der Waals surface area (Å²) in [5, 5.41) is 12.9. The Morgan fingerprint density at radius 3 is 2.95 bits per heavy atom. The maximum absolute atomic E-state index is 12.1. The van der Waals surface area contributed by atoms with Crippen LogP contribution in [0.25, 0.3) is 0 Å². The molecule has 0 unspecified atom stereocenters. The van der Waals surface area contributed by atoms with Crippen LogP contribution in [0, 0.1) is 0 Å². The molecule has 1 aromatic heterocycles. The van der Waals surface area contributed by atoms with E-state index in [0.29, 0.717) is 18.0 Å². The van der Waals surface area contributed by atoms with E-state index in [9.17, 15) is 4.79 Å². The van der Waals surface area contributed by atoms with E-state index in [0.717, 1.165) is 12.8 Å². The molecular formula is C13H20N2O4. The fourth-order valence-electron chi connectivity index (χ4n) is 2.17. The number of amides is 1. The zero-order valence-corrected chi connectivity index (χ0v) is 11.5. The zero-order chi connectivity index (χ0) is 14.0. The van der Waals surface area contributed by atoms with Gasteiger partial charge in [0, 0.05) is 12.6 Å². The van der Waals surface area contributed by atoms with Crippen LogP contribution < -0.4 is 0 Å². The number of ether oxygens (including phenoxy) is 1. The Labute approximate surface area is 112 Å². The number of rotatable bonds is 2. The normalized spacial score (nSPS) is 19.8. The van der Waals surface area contributed by atoms with Crippen LogP contribution in [0.2, 0.25) is 0 Å². The van der Waals surface area contributed by atoms with Crippen LogP contribution in [0.5, 0.6) is 0 Å². The topological polar surface area (TPSA) is 75.8 Å². The SMILES string of the molecule is CC(C)(C)OC(=O)N1CCC[C@H]1c1cc(CO)on1. The molecule has 6 heteroatoms. The highest BCUT2D eigenvalue weighted by molar-refractivity contribution is 5.69. The largest absolute Gasteiger partial charge is 0.444 e. The van der Waals surface area contributed by atoms with E-state index in [-0.39, 0.29) is 18.7 Å². The van der Waals surface area contributed by atoms with Crippen molar-refractivity contribution < 1.29 is 19.2 Å². The van der Waals surface area contributed by atoms with E-state index in [4.69, 9.17) is 14.4 Å². The molecule has 0 aromatic carbocycles. The van der Waals surface area contributed by atoms with Crippen LogP contribution >= 0.6 is 0 Å². The number of nitrogens with zero attached hydrogens (tertiary/aromatic N) is 2. The zero-order valence-electron chi connectivity index (χ0n) is 11.5. The molecule has 0 bridgehead atoms. The third kappa shape index (κ3) is 3.26. The molecule has 1 aromatic rings. The van der Waals surface area contributed by atoms with Crippen LogP contribution in [-0.4, -0.2) is 33.4 Å². The number of aromatic nitrogens is 1. The Balaban J connectivity index is 2.10. The first-order chi connectivity index (χ1) is 8.90. The van der Waals surface area contributed by atoms with Gasteiger partial charge in [-0.1, -0.05) is 5.16 Å². The summed E-state index contributed by atoms with van der Waals surface area (Å²) in [5.74, 6) is 0.408. The second-order valence-electron chi connectivity index (χ2n) is 5.71. The molecule has 106 valence electrons. The minimum absolute atomic E-state index is 0.126. The van der Waals surface area contributed by atoms with Crippen molar-refractivity contribution in [1.29, 1.82) is 0 Å². The lowest BCUT2D eigenvalue weighted by molar-refractivity contribution is 0.0219. The number of carbonyl (C=O) groups excluding carboxylic acids is 1. The summed E-state index contributed by atoms with van der Waals surface area (Å²) in [6, 6.07) is 1.56. The monoisotopic (exact) mass is 268 g/mol. The van der Waals surface area contributed by atoms with Crippen molar-refractivity contribution in [2.75, 3.05) is 6.54 Å². The van der Waals surface area contributed by atoms with Crippen LogP contribution in [0.15, 0.2) is 10.6 Å². The molecule has 1 aliphatic heterocycles. The first kappa shape index (κ1) is 13.9. The first-order valence-electron chi connectivity index (χ1n) is 6.46. The average molecular weight is 268 g/mol. The van der Waals surface area contributed by atoms with E-state index in [2.05, 4.69) is 5.16 Å². The van der Waals surface area contributed by atoms with Gasteiger partial charge in [0.05, 0.1) is 6.04 Å². The van der Waals surface area contributed by atoms with Crippen molar-refractivity contribution in [1.82, 2.24) is 10.1 Å². The minimum atomic E-state index is -0.510. The summed E-state index contributed by atoms with van der Waals surface area (Å²) >= 11 is 0. The van der Waals surface area contributed by atoms with Gasteiger partial charge in [0.15, 0.2) is 5.76 Å². The lowest BCUT2D eigenvalue weighted by Gasteiger charge is -2.27. The van der Waals surface area contributed by atoms with Gasteiger partial charge >= 0.3 is 6.09 Å². The molecule has 1 atom stereocenters. The lowest BCUT2D eigenvalue weighted by Crippen LogP contribution is -2.36. The predicted octanol–water partition coefficient (Wildman–Crippen LogP) is 2.24. The molecule has 0 saturated carbocycles. The highest BCUT2D eigenvalue weighted by atomic mass is 16.6. The Morgan fingerprint density at radius 1 is 1.63 bits per heavy atom. The molecule has 1 fully saturated rings. The highest BCUT2D eigenvalue weighted by Gasteiger charge is 2.34. The molecule has 0 aliphatic carbocycles. The smallest absolute Gasteiger partial charge is 0.410 e.